The van der Waals surface area contributed by atoms with Gasteiger partial charge in [0.2, 0.25) is 0 Å². The van der Waals surface area contributed by atoms with Crippen LogP contribution < -0.4 is 19.8 Å². The van der Waals surface area contributed by atoms with E-state index in [0.29, 0.717) is 9.52 Å². The Labute approximate surface area is 154 Å². The Morgan fingerprint density at radius 3 is 2.12 bits per heavy atom. The van der Waals surface area contributed by atoms with Crippen molar-refractivity contribution in [3.63, 3.8) is 0 Å². The standard InChI is InChI=1S/C22H28O2Si/c1-8-16-11-9-12-17(15-16)25-19-14-10-13-18(23-21(2,3)4)20(19)24-22(5,6)7/h8-15H,1H2,2-7H3. The molecule has 2 rings (SSSR count). The van der Waals surface area contributed by atoms with E-state index in [2.05, 4.69) is 78.5 Å². The lowest BCUT2D eigenvalue weighted by Crippen LogP contribution is -2.34. The van der Waals surface area contributed by atoms with Crippen LogP contribution in [0.25, 0.3) is 6.08 Å². The minimum absolute atomic E-state index is 0.277. The van der Waals surface area contributed by atoms with Crippen molar-refractivity contribution in [2.75, 3.05) is 0 Å². The van der Waals surface area contributed by atoms with Gasteiger partial charge in [-0.05, 0) is 58.4 Å². The zero-order chi connectivity index (χ0) is 18.7. The summed E-state index contributed by atoms with van der Waals surface area (Å²) in [6.45, 7) is 16.2. The van der Waals surface area contributed by atoms with E-state index in [-0.39, 0.29) is 11.2 Å². The summed E-state index contributed by atoms with van der Waals surface area (Å²) in [5.74, 6) is 1.64. The van der Waals surface area contributed by atoms with Gasteiger partial charge in [0.05, 0.1) is 0 Å². The zero-order valence-corrected chi connectivity index (χ0v) is 17.1. The van der Waals surface area contributed by atoms with Crippen LogP contribution in [0.4, 0.5) is 0 Å². The lowest BCUT2D eigenvalue weighted by atomic mass is 10.1. The third kappa shape index (κ3) is 6.09. The fourth-order valence-electron chi connectivity index (χ4n) is 2.33. The van der Waals surface area contributed by atoms with Crippen LogP contribution in [0, 0.1) is 0 Å². The third-order valence-corrected chi connectivity index (χ3v) is 4.47. The summed E-state index contributed by atoms with van der Waals surface area (Å²) in [7, 11) is 0.491. The van der Waals surface area contributed by atoms with Crippen molar-refractivity contribution in [1.29, 1.82) is 0 Å². The number of rotatable bonds is 5. The molecule has 0 bridgehead atoms. The van der Waals surface area contributed by atoms with Gasteiger partial charge in [-0.25, -0.2) is 0 Å². The molecule has 0 aliphatic carbocycles. The van der Waals surface area contributed by atoms with Crippen LogP contribution in [-0.2, 0) is 0 Å². The van der Waals surface area contributed by atoms with Crippen molar-refractivity contribution in [2.45, 2.75) is 52.7 Å². The molecule has 0 saturated carbocycles. The summed E-state index contributed by atoms with van der Waals surface area (Å²) in [6, 6.07) is 14.6. The number of hydrogen-bond donors (Lipinski definition) is 0. The first-order chi connectivity index (χ1) is 11.6. The molecule has 25 heavy (non-hydrogen) atoms. The molecule has 0 unspecified atom stereocenters. The summed E-state index contributed by atoms with van der Waals surface area (Å²) in [6.07, 6.45) is 1.87. The molecule has 2 nitrogen and oxygen atoms in total. The van der Waals surface area contributed by atoms with Gasteiger partial charge in [0.25, 0.3) is 0 Å². The monoisotopic (exact) mass is 352 g/mol. The molecule has 0 heterocycles. The van der Waals surface area contributed by atoms with Crippen molar-refractivity contribution < 1.29 is 9.47 Å². The average Bonchev–Trinajstić information content (AvgIpc) is 2.48. The van der Waals surface area contributed by atoms with Crippen molar-refractivity contribution in [1.82, 2.24) is 0 Å². The van der Waals surface area contributed by atoms with Crippen molar-refractivity contribution >= 4 is 26.0 Å². The van der Waals surface area contributed by atoms with E-state index in [9.17, 15) is 0 Å². The second kappa shape index (κ2) is 7.48. The molecule has 2 radical (unpaired) electrons. The van der Waals surface area contributed by atoms with Crippen molar-refractivity contribution in [3.05, 3.63) is 54.6 Å². The van der Waals surface area contributed by atoms with Crippen LogP contribution in [0.5, 0.6) is 11.5 Å². The minimum Gasteiger partial charge on any atom is -0.484 e. The van der Waals surface area contributed by atoms with E-state index >= 15 is 0 Å². The van der Waals surface area contributed by atoms with Crippen LogP contribution in [0.1, 0.15) is 47.1 Å². The molecule has 0 saturated heterocycles. The van der Waals surface area contributed by atoms with Gasteiger partial charge >= 0.3 is 0 Å². The molecular formula is C22H28O2Si. The van der Waals surface area contributed by atoms with Gasteiger partial charge in [-0.3, -0.25) is 0 Å². The molecule has 0 fully saturated rings. The highest BCUT2D eigenvalue weighted by atomic mass is 28.2. The van der Waals surface area contributed by atoms with Gasteiger partial charge in [-0.2, -0.15) is 0 Å². The predicted octanol–water partition coefficient (Wildman–Crippen LogP) is 4.34. The Hall–Kier alpha value is -2.00. The van der Waals surface area contributed by atoms with Gasteiger partial charge in [0.1, 0.15) is 20.7 Å². The van der Waals surface area contributed by atoms with Crippen LogP contribution in [-0.4, -0.2) is 20.7 Å². The first kappa shape index (κ1) is 19.3. The smallest absolute Gasteiger partial charge is 0.161 e. The molecule has 132 valence electrons. The van der Waals surface area contributed by atoms with Crippen molar-refractivity contribution in [2.24, 2.45) is 0 Å². The normalized spacial score (nSPS) is 11.9. The molecular weight excluding hydrogens is 324 g/mol. The highest BCUT2D eigenvalue weighted by molar-refractivity contribution is 6.68. The van der Waals surface area contributed by atoms with Gasteiger partial charge in [0, 0.05) is 0 Å². The van der Waals surface area contributed by atoms with E-state index in [1.165, 1.54) is 5.19 Å². The van der Waals surface area contributed by atoms with Gasteiger partial charge in [0.15, 0.2) is 11.5 Å². The summed E-state index contributed by atoms with van der Waals surface area (Å²) < 4.78 is 12.5. The molecule has 0 spiro atoms. The average molecular weight is 353 g/mol. The van der Waals surface area contributed by atoms with Crippen LogP contribution in [0.2, 0.25) is 0 Å². The SMILES string of the molecule is C=Cc1cccc([Si]c2cccc(OC(C)(C)C)c2OC(C)(C)C)c1. The quantitative estimate of drug-likeness (QED) is 0.745. The molecule has 2 aromatic rings. The molecule has 3 heteroatoms. The Bertz CT molecular complexity index is 736. The Balaban J connectivity index is 2.44. The third-order valence-electron chi connectivity index (χ3n) is 3.20. The maximum absolute atomic E-state index is 6.30. The lowest BCUT2D eigenvalue weighted by molar-refractivity contribution is 0.0969. The molecule has 0 atom stereocenters. The molecule has 0 amide bonds. The highest BCUT2D eigenvalue weighted by Gasteiger charge is 2.22. The van der Waals surface area contributed by atoms with E-state index in [1.54, 1.807) is 0 Å². The van der Waals surface area contributed by atoms with Crippen LogP contribution in [0.15, 0.2) is 49.0 Å². The Morgan fingerprint density at radius 2 is 1.52 bits per heavy atom. The van der Waals surface area contributed by atoms with Crippen molar-refractivity contribution in [3.8, 4) is 11.5 Å². The fourth-order valence-corrected chi connectivity index (χ4v) is 3.53. The molecule has 0 N–H and O–H groups in total. The number of benzene rings is 2. The number of para-hydroxylation sites is 1. The summed E-state index contributed by atoms with van der Waals surface area (Å²) in [5, 5.41) is 2.40. The minimum atomic E-state index is -0.292. The van der Waals surface area contributed by atoms with Gasteiger partial charge < -0.3 is 9.47 Å². The maximum Gasteiger partial charge on any atom is 0.161 e. The first-order valence-electron chi connectivity index (χ1n) is 8.58. The molecule has 2 aromatic carbocycles. The van der Waals surface area contributed by atoms with E-state index in [4.69, 9.17) is 9.47 Å². The van der Waals surface area contributed by atoms with E-state index in [0.717, 1.165) is 22.2 Å². The summed E-state index contributed by atoms with van der Waals surface area (Å²) >= 11 is 0. The zero-order valence-electron chi connectivity index (χ0n) is 16.1. The molecule has 0 aromatic heterocycles. The van der Waals surface area contributed by atoms with Gasteiger partial charge in [-0.1, -0.05) is 54.2 Å². The fraction of sp³-hybridized carbons (Fsp3) is 0.364. The van der Waals surface area contributed by atoms with Crippen LogP contribution in [0.3, 0.4) is 0 Å². The van der Waals surface area contributed by atoms with Gasteiger partial charge in [-0.15, -0.1) is 0 Å². The molecule has 0 aliphatic rings. The second-order valence-electron chi connectivity index (χ2n) is 8.02. The van der Waals surface area contributed by atoms with Crippen LogP contribution >= 0.6 is 0 Å². The molecule has 0 aliphatic heterocycles. The maximum atomic E-state index is 6.30. The second-order valence-corrected chi connectivity index (χ2v) is 9.38. The number of ether oxygens (including phenoxy) is 2. The Morgan fingerprint density at radius 1 is 0.880 bits per heavy atom. The highest BCUT2D eigenvalue weighted by Crippen LogP contribution is 2.31. The summed E-state index contributed by atoms with van der Waals surface area (Å²) in [5.41, 5.74) is 0.561. The first-order valence-corrected chi connectivity index (χ1v) is 9.58. The Kier molecular flexibility index (Phi) is 5.78. The predicted molar refractivity (Wildman–Crippen MR) is 109 cm³/mol. The van der Waals surface area contributed by atoms with E-state index in [1.807, 2.05) is 18.2 Å². The largest absolute Gasteiger partial charge is 0.484 e. The number of hydrogen-bond acceptors (Lipinski definition) is 2. The topological polar surface area (TPSA) is 18.5 Å². The summed E-state index contributed by atoms with van der Waals surface area (Å²) in [4.78, 5) is 0. The lowest BCUT2D eigenvalue weighted by Gasteiger charge is -2.28. The van der Waals surface area contributed by atoms with E-state index < -0.39 is 0 Å².